The number of carbonyl (C=O) groups excluding carboxylic acids is 1. The lowest BCUT2D eigenvalue weighted by atomic mass is 9.77. The average Bonchev–Trinajstić information content (AvgIpc) is 2.69. The maximum atomic E-state index is 11.1. The molecule has 0 spiro atoms. The molecule has 1 aromatic rings. The standard InChI is InChI=1S/C24H38O4/c1-5-6-7-10-18-24(2,3)20-13-9-8-12-19(20)16-17-22(26)21(25)14-11-15-23(27)28-4/h8-9,12-13,16-17,21-22,25-26H,5-7,10-11,14-15,18H2,1-4H3/b17-16+/t21-,22+/m0/s1. The van der Waals surface area contributed by atoms with Crippen LogP contribution in [0.2, 0.25) is 0 Å². The second-order valence-electron chi connectivity index (χ2n) is 8.17. The minimum absolute atomic E-state index is 0.0543. The number of carbonyl (C=O) groups is 1. The van der Waals surface area contributed by atoms with Gasteiger partial charge in [0.15, 0.2) is 0 Å². The van der Waals surface area contributed by atoms with Crippen LogP contribution in [0.15, 0.2) is 30.3 Å². The quantitative estimate of drug-likeness (QED) is 0.367. The summed E-state index contributed by atoms with van der Waals surface area (Å²) >= 11 is 0. The van der Waals surface area contributed by atoms with Gasteiger partial charge in [-0.2, -0.15) is 0 Å². The summed E-state index contributed by atoms with van der Waals surface area (Å²) < 4.78 is 4.59. The summed E-state index contributed by atoms with van der Waals surface area (Å²) in [4.78, 5) is 11.1. The summed E-state index contributed by atoms with van der Waals surface area (Å²) in [6, 6.07) is 8.25. The molecule has 158 valence electrons. The van der Waals surface area contributed by atoms with Crippen LogP contribution in [0.5, 0.6) is 0 Å². The first-order valence-electron chi connectivity index (χ1n) is 10.5. The molecule has 0 unspecified atom stereocenters. The second kappa shape index (κ2) is 12.7. The van der Waals surface area contributed by atoms with Crippen LogP contribution in [-0.2, 0) is 14.9 Å². The molecular weight excluding hydrogens is 352 g/mol. The highest BCUT2D eigenvalue weighted by Crippen LogP contribution is 2.32. The summed E-state index contributed by atoms with van der Waals surface area (Å²) in [5.41, 5.74) is 2.39. The van der Waals surface area contributed by atoms with Gasteiger partial charge < -0.3 is 14.9 Å². The number of hydrogen-bond donors (Lipinski definition) is 2. The maximum absolute atomic E-state index is 11.1. The van der Waals surface area contributed by atoms with Gasteiger partial charge in [0.25, 0.3) is 0 Å². The number of rotatable bonds is 13. The average molecular weight is 391 g/mol. The van der Waals surface area contributed by atoms with E-state index < -0.39 is 12.2 Å². The molecule has 0 amide bonds. The lowest BCUT2D eigenvalue weighted by Gasteiger charge is -2.27. The Morgan fingerprint density at radius 2 is 1.86 bits per heavy atom. The number of hydrogen-bond acceptors (Lipinski definition) is 4. The Morgan fingerprint density at radius 1 is 1.14 bits per heavy atom. The molecule has 2 atom stereocenters. The molecule has 0 radical (unpaired) electrons. The van der Waals surface area contributed by atoms with Crippen LogP contribution in [0.3, 0.4) is 0 Å². The van der Waals surface area contributed by atoms with Crippen molar-refractivity contribution < 1.29 is 19.7 Å². The molecule has 0 heterocycles. The van der Waals surface area contributed by atoms with E-state index in [0.717, 1.165) is 12.0 Å². The van der Waals surface area contributed by atoms with Crippen molar-refractivity contribution in [2.75, 3.05) is 7.11 Å². The largest absolute Gasteiger partial charge is 0.469 e. The third-order valence-corrected chi connectivity index (χ3v) is 5.32. The smallest absolute Gasteiger partial charge is 0.305 e. The first-order chi connectivity index (χ1) is 13.3. The predicted octanol–water partition coefficient (Wildman–Crippen LogP) is 5.01. The molecule has 0 saturated heterocycles. The summed E-state index contributed by atoms with van der Waals surface area (Å²) in [6.45, 7) is 6.76. The third kappa shape index (κ3) is 8.57. The summed E-state index contributed by atoms with van der Waals surface area (Å²) in [7, 11) is 1.35. The van der Waals surface area contributed by atoms with Gasteiger partial charge >= 0.3 is 5.97 Å². The van der Waals surface area contributed by atoms with Gasteiger partial charge in [-0.3, -0.25) is 4.79 Å². The third-order valence-electron chi connectivity index (χ3n) is 5.32. The maximum Gasteiger partial charge on any atom is 0.305 e. The first kappa shape index (κ1) is 24.4. The van der Waals surface area contributed by atoms with Gasteiger partial charge in [-0.05, 0) is 35.8 Å². The van der Waals surface area contributed by atoms with Gasteiger partial charge in [0.05, 0.1) is 19.3 Å². The zero-order valence-electron chi connectivity index (χ0n) is 18.0. The van der Waals surface area contributed by atoms with Crippen LogP contribution in [0, 0.1) is 0 Å². The van der Waals surface area contributed by atoms with E-state index in [-0.39, 0.29) is 17.8 Å². The number of aliphatic hydroxyl groups is 2. The monoisotopic (exact) mass is 390 g/mol. The number of esters is 1. The van der Waals surface area contributed by atoms with Crippen LogP contribution in [0.25, 0.3) is 6.08 Å². The normalized spacial score (nSPS) is 14.2. The molecule has 2 N–H and O–H groups in total. The number of methoxy groups -OCH3 is 1. The van der Waals surface area contributed by atoms with Crippen LogP contribution in [-0.4, -0.2) is 35.5 Å². The molecule has 1 aromatic carbocycles. The molecule has 4 heteroatoms. The van der Waals surface area contributed by atoms with Crippen molar-refractivity contribution in [1.82, 2.24) is 0 Å². The van der Waals surface area contributed by atoms with E-state index >= 15 is 0 Å². The topological polar surface area (TPSA) is 66.8 Å². The number of ether oxygens (including phenoxy) is 1. The fourth-order valence-corrected chi connectivity index (χ4v) is 3.45. The van der Waals surface area contributed by atoms with Crippen molar-refractivity contribution in [1.29, 1.82) is 0 Å². The minimum atomic E-state index is -0.960. The highest BCUT2D eigenvalue weighted by molar-refractivity contribution is 5.69. The molecule has 0 aliphatic heterocycles. The Kier molecular flexibility index (Phi) is 11.1. The summed E-state index contributed by atoms with van der Waals surface area (Å²) in [5, 5.41) is 20.4. The Bertz CT molecular complexity index is 606. The number of benzene rings is 1. The van der Waals surface area contributed by atoms with Gasteiger partial charge in [-0.25, -0.2) is 0 Å². The highest BCUT2D eigenvalue weighted by Gasteiger charge is 2.22. The summed E-state index contributed by atoms with van der Waals surface area (Å²) in [5.74, 6) is -0.299. The molecule has 0 saturated carbocycles. The minimum Gasteiger partial charge on any atom is -0.469 e. The lowest BCUT2D eigenvalue weighted by molar-refractivity contribution is -0.140. The molecule has 0 aromatic heterocycles. The SMILES string of the molecule is CCCCCCC(C)(C)c1ccccc1/C=C/[C@@H](O)[C@@H](O)CCCC(=O)OC. The van der Waals surface area contributed by atoms with Gasteiger partial charge in [0, 0.05) is 6.42 Å². The van der Waals surface area contributed by atoms with Gasteiger partial charge in [-0.1, -0.05) is 82.9 Å². The fourth-order valence-electron chi connectivity index (χ4n) is 3.45. The Labute approximate surface area is 170 Å². The Hall–Kier alpha value is -1.65. The fraction of sp³-hybridized carbons (Fsp3) is 0.625. The van der Waals surface area contributed by atoms with Crippen molar-refractivity contribution in [3.8, 4) is 0 Å². The van der Waals surface area contributed by atoms with E-state index in [4.69, 9.17) is 0 Å². The highest BCUT2D eigenvalue weighted by atomic mass is 16.5. The summed E-state index contributed by atoms with van der Waals surface area (Å²) in [6.07, 6.45) is 8.88. The number of unbranched alkanes of at least 4 members (excludes halogenated alkanes) is 3. The van der Waals surface area contributed by atoms with E-state index in [0.29, 0.717) is 12.8 Å². The van der Waals surface area contributed by atoms with Crippen molar-refractivity contribution in [2.24, 2.45) is 0 Å². The lowest BCUT2D eigenvalue weighted by Crippen LogP contribution is -2.24. The van der Waals surface area contributed by atoms with Crippen molar-refractivity contribution in [3.05, 3.63) is 41.5 Å². The van der Waals surface area contributed by atoms with Crippen LogP contribution < -0.4 is 0 Å². The zero-order chi connectivity index (χ0) is 21.0. The first-order valence-corrected chi connectivity index (χ1v) is 10.5. The molecule has 1 rings (SSSR count). The van der Waals surface area contributed by atoms with E-state index in [1.54, 1.807) is 6.08 Å². The zero-order valence-corrected chi connectivity index (χ0v) is 18.0. The van der Waals surface area contributed by atoms with Gasteiger partial charge in [0.1, 0.15) is 0 Å². The van der Waals surface area contributed by atoms with Crippen LogP contribution in [0.4, 0.5) is 0 Å². The Balaban J connectivity index is 2.71. The molecule has 4 nitrogen and oxygen atoms in total. The van der Waals surface area contributed by atoms with Crippen molar-refractivity contribution >= 4 is 12.0 Å². The molecule has 28 heavy (non-hydrogen) atoms. The van der Waals surface area contributed by atoms with E-state index in [1.807, 2.05) is 12.1 Å². The van der Waals surface area contributed by atoms with E-state index in [1.165, 1.54) is 38.4 Å². The van der Waals surface area contributed by atoms with Crippen LogP contribution in [0.1, 0.15) is 83.3 Å². The Morgan fingerprint density at radius 3 is 2.54 bits per heavy atom. The van der Waals surface area contributed by atoms with Crippen molar-refractivity contribution in [3.63, 3.8) is 0 Å². The van der Waals surface area contributed by atoms with Gasteiger partial charge in [-0.15, -0.1) is 0 Å². The molecule has 0 aliphatic rings. The van der Waals surface area contributed by atoms with E-state index in [9.17, 15) is 15.0 Å². The van der Waals surface area contributed by atoms with Gasteiger partial charge in [0.2, 0.25) is 0 Å². The molecule has 0 fully saturated rings. The molecular formula is C24H38O4. The second-order valence-corrected chi connectivity index (χ2v) is 8.17. The molecule has 0 bridgehead atoms. The van der Waals surface area contributed by atoms with Crippen LogP contribution >= 0.6 is 0 Å². The predicted molar refractivity (Wildman–Crippen MR) is 115 cm³/mol. The van der Waals surface area contributed by atoms with Crippen molar-refractivity contribution in [2.45, 2.75) is 89.8 Å². The van der Waals surface area contributed by atoms with E-state index in [2.05, 4.69) is 43.7 Å². The molecule has 0 aliphatic carbocycles. The number of aliphatic hydroxyl groups excluding tert-OH is 2.